The molecule has 0 aliphatic carbocycles. The fourth-order valence-corrected chi connectivity index (χ4v) is 3.53. The molecule has 30 heavy (non-hydrogen) atoms. The molecule has 1 heterocycles. The number of imide groups is 1. The van der Waals surface area contributed by atoms with Crippen LogP contribution in [0.5, 0.6) is 0 Å². The first-order valence-corrected chi connectivity index (χ1v) is 9.42. The fourth-order valence-electron chi connectivity index (χ4n) is 3.53. The number of amides is 4. The number of rotatable bonds is 5. The third-order valence-electron chi connectivity index (χ3n) is 5.37. The molecule has 1 N–H and O–H groups in total. The van der Waals surface area contributed by atoms with E-state index in [9.17, 15) is 23.2 Å². The molecule has 4 amide bonds. The molecule has 2 aromatic carbocycles. The number of halogens is 2. The van der Waals surface area contributed by atoms with Gasteiger partial charge < -0.3 is 10.2 Å². The highest BCUT2D eigenvalue weighted by atomic mass is 19.1. The predicted molar refractivity (Wildman–Crippen MR) is 106 cm³/mol. The molecule has 6 nitrogen and oxygen atoms in total. The van der Waals surface area contributed by atoms with Crippen LogP contribution in [0, 0.1) is 25.5 Å². The molecule has 3 rings (SSSR count). The second-order valence-electron chi connectivity index (χ2n) is 7.75. The van der Waals surface area contributed by atoms with Crippen molar-refractivity contribution in [3.05, 3.63) is 70.3 Å². The Morgan fingerprint density at radius 1 is 1.13 bits per heavy atom. The summed E-state index contributed by atoms with van der Waals surface area (Å²) in [6, 6.07) is 7.71. The third kappa shape index (κ3) is 3.90. The minimum atomic E-state index is -1.80. The summed E-state index contributed by atoms with van der Waals surface area (Å²) in [5, 5.41) is 2.38. The molecule has 1 aliphatic heterocycles. The zero-order valence-corrected chi connectivity index (χ0v) is 17.3. The van der Waals surface area contributed by atoms with E-state index in [1.807, 2.05) is 32.0 Å². The van der Waals surface area contributed by atoms with Crippen LogP contribution in [0.15, 0.2) is 36.4 Å². The molecule has 1 aliphatic rings. The Morgan fingerprint density at radius 2 is 1.83 bits per heavy atom. The lowest BCUT2D eigenvalue weighted by Gasteiger charge is -2.24. The van der Waals surface area contributed by atoms with Crippen LogP contribution in [0.25, 0.3) is 0 Å². The number of aryl methyl sites for hydroxylation is 2. The second kappa shape index (κ2) is 7.85. The van der Waals surface area contributed by atoms with Gasteiger partial charge in [-0.1, -0.05) is 23.8 Å². The SMILES string of the molecule is Cc1ccc(CN(C)C(=O)CN2C(=O)N[C@@](C)(c3cc(F)ccc3F)C2=O)c(C)c1. The largest absolute Gasteiger partial charge is 0.340 e. The van der Waals surface area contributed by atoms with Gasteiger partial charge in [0.1, 0.15) is 23.7 Å². The molecule has 8 heteroatoms. The molecular formula is C22H23F2N3O3. The van der Waals surface area contributed by atoms with Crippen LogP contribution in [0.4, 0.5) is 13.6 Å². The van der Waals surface area contributed by atoms with E-state index in [0.717, 1.165) is 39.8 Å². The van der Waals surface area contributed by atoms with Crippen LogP contribution in [-0.2, 0) is 21.7 Å². The number of nitrogens with one attached hydrogen (secondary N) is 1. The van der Waals surface area contributed by atoms with Crippen molar-refractivity contribution in [1.82, 2.24) is 15.1 Å². The number of carbonyl (C=O) groups excluding carboxylic acids is 3. The molecule has 1 atom stereocenters. The lowest BCUT2D eigenvalue weighted by Crippen LogP contribution is -2.44. The van der Waals surface area contributed by atoms with Crippen LogP contribution in [-0.4, -0.2) is 41.2 Å². The summed E-state index contributed by atoms with van der Waals surface area (Å²) < 4.78 is 27.8. The standard InChI is InChI=1S/C22H23F2N3O3/c1-13-5-6-15(14(2)9-13)11-26(4)19(28)12-27-20(29)22(3,25-21(27)30)17-10-16(23)7-8-18(17)24/h5-10H,11-12H2,1-4H3,(H,25,30)/t22-/m0/s1. The van der Waals surface area contributed by atoms with Crippen molar-refractivity contribution in [2.75, 3.05) is 13.6 Å². The van der Waals surface area contributed by atoms with E-state index < -0.39 is 41.6 Å². The number of hydrogen-bond acceptors (Lipinski definition) is 3. The second-order valence-corrected chi connectivity index (χ2v) is 7.75. The summed E-state index contributed by atoms with van der Waals surface area (Å²) in [6.45, 7) is 5.01. The van der Waals surface area contributed by atoms with Crippen molar-refractivity contribution in [3.63, 3.8) is 0 Å². The van der Waals surface area contributed by atoms with Crippen LogP contribution in [0.3, 0.4) is 0 Å². The van der Waals surface area contributed by atoms with E-state index in [1.54, 1.807) is 7.05 Å². The van der Waals surface area contributed by atoms with E-state index in [0.29, 0.717) is 6.54 Å². The number of urea groups is 1. The first-order chi connectivity index (χ1) is 14.0. The van der Waals surface area contributed by atoms with Gasteiger partial charge in [-0.25, -0.2) is 13.6 Å². The van der Waals surface area contributed by atoms with Crippen molar-refractivity contribution < 1.29 is 23.2 Å². The molecular weight excluding hydrogens is 392 g/mol. The van der Waals surface area contributed by atoms with Crippen LogP contribution >= 0.6 is 0 Å². The molecule has 0 bridgehead atoms. The zero-order chi connectivity index (χ0) is 22.2. The highest BCUT2D eigenvalue weighted by molar-refractivity contribution is 6.09. The molecule has 158 valence electrons. The van der Waals surface area contributed by atoms with Crippen LogP contribution in [0.2, 0.25) is 0 Å². The Bertz CT molecular complexity index is 1040. The molecule has 0 saturated carbocycles. The minimum Gasteiger partial charge on any atom is -0.340 e. The summed E-state index contributed by atoms with van der Waals surface area (Å²) in [7, 11) is 1.57. The summed E-state index contributed by atoms with van der Waals surface area (Å²) >= 11 is 0. The van der Waals surface area contributed by atoms with Gasteiger partial charge in [0.15, 0.2) is 0 Å². The number of carbonyl (C=O) groups is 3. The minimum absolute atomic E-state index is 0.292. The lowest BCUT2D eigenvalue weighted by atomic mass is 9.91. The Hall–Kier alpha value is -3.29. The monoisotopic (exact) mass is 415 g/mol. The van der Waals surface area contributed by atoms with Crippen molar-refractivity contribution in [2.45, 2.75) is 32.9 Å². The molecule has 0 aromatic heterocycles. The van der Waals surface area contributed by atoms with Crippen molar-refractivity contribution >= 4 is 17.8 Å². The van der Waals surface area contributed by atoms with Gasteiger partial charge in [-0.2, -0.15) is 0 Å². The maximum atomic E-state index is 14.2. The number of hydrogen-bond donors (Lipinski definition) is 1. The molecule has 0 spiro atoms. The van der Waals surface area contributed by atoms with Gasteiger partial charge in [0, 0.05) is 19.2 Å². The topological polar surface area (TPSA) is 69.7 Å². The maximum absolute atomic E-state index is 14.2. The number of likely N-dealkylation sites (N-methyl/N-ethyl adjacent to an activating group) is 1. The summed E-state index contributed by atoms with van der Waals surface area (Å²) in [6.07, 6.45) is 0. The Labute approximate surface area is 173 Å². The van der Waals surface area contributed by atoms with Gasteiger partial charge in [0.25, 0.3) is 5.91 Å². The summed E-state index contributed by atoms with van der Waals surface area (Å²) in [4.78, 5) is 40.1. The smallest absolute Gasteiger partial charge is 0.325 e. The van der Waals surface area contributed by atoms with Gasteiger partial charge in [-0.3, -0.25) is 14.5 Å². The first-order valence-electron chi connectivity index (χ1n) is 9.42. The van der Waals surface area contributed by atoms with Crippen LogP contribution in [0.1, 0.15) is 29.2 Å². The van der Waals surface area contributed by atoms with E-state index in [1.165, 1.54) is 11.8 Å². The average Bonchev–Trinajstić information content (AvgIpc) is 2.89. The molecule has 0 unspecified atom stereocenters. The van der Waals surface area contributed by atoms with E-state index in [4.69, 9.17) is 0 Å². The normalized spacial score (nSPS) is 18.5. The fraction of sp³-hybridized carbons (Fsp3) is 0.318. The van der Waals surface area contributed by atoms with Gasteiger partial charge in [-0.15, -0.1) is 0 Å². The summed E-state index contributed by atoms with van der Waals surface area (Å²) in [5.41, 5.74) is 0.988. The van der Waals surface area contributed by atoms with Gasteiger partial charge in [0.05, 0.1) is 0 Å². The number of benzene rings is 2. The molecule has 1 fully saturated rings. The average molecular weight is 415 g/mol. The molecule has 0 radical (unpaired) electrons. The maximum Gasteiger partial charge on any atom is 0.325 e. The zero-order valence-electron chi connectivity index (χ0n) is 17.3. The quantitative estimate of drug-likeness (QED) is 0.764. The van der Waals surface area contributed by atoms with Crippen LogP contribution < -0.4 is 5.32 Å². The van der Waals surface area contributed by atoms with Gasteiger partial charge in [-0.05, 0) is 50.1 Å². The highest BCUT2D eigenvalue weighted by Crippen LogP contribution is 2.31. The highest BCUT2D eigenvalue weighted by Gasteiger charge is 2.51. The molecule has 2 aromatic rings. The van der Waals surface area contributed by atoms with E-state index in [2.05, 4.69) is 5.32 Å². The van der Waals surface area contributed by atoms with E-state index >= 15 is 0 Å². The Balaban J connectivity index is 1.76. The molecule has 1 saturated heterocycles. The van der Waals surface area contributed by atoms with E-state index in [-0.39, 0.29) is 5.56 Å². The van der Waals surface area contributed by atoms with Gasteiger partial charge >= 0.3 is 6.03 Å². The number of nitrogens with zero attached hydrogens (tertiary/aromatic N) is 2. The van der Waals surface area contributed by atoms with Crippen molar-refractivity contribution in [3.8, 4) is 0 Å². The Morgan fingerprint density at radius 3 is 2.50 bits per heavy atom. The summed E-state index contributed by atoms with van der Waals surface area (Å²) in [5.74, 6) is -2.84. The third-order valence-corrected chi connectivity index (χ3v) is 5.37. The first kappa shape index (κ1) is 21.4. The lowest BCUT2D eigenvalue weighted by molar-refractivity contribution is -0.138. The van der Waals surface area contributed by atoms with Crippen molar-refractivity contribution in [2.24, 2.45) is 0 Å². The van der Waals surface area contributed by atoms with Gasteiger partial charge in [0.2, 0.25) is 5.91 Å². The Kier molecular flexibility index (Phi) is 5.61. The van der Waals surface area contributed by atoms with Crippen molar-refractivity contribution in [1.29, 1.82) is 0 Å². The predicted octanol–water partition coefficient (Wildman–Crippen LogP) is 3.01.